The molecule has 0 spiro atoms. The van der Waals surface area contributed by atoms with Crippen molar-refractivity contribution in [2.45, 2.75) is 13.8 Å². The van der Waals surface area contributed by atoms with Crippen LogP contribution in [0.2, 0.25) is 0 Å². The van der Waals surface area contributed by atoms with E-state index >= 15 is 0 Å². The average Bonchev–Trinajstić information content (AvgIpc) is 2.52. The van der Waals surface area contributed by atoms with Crippen LogP contribution >= 0.6 is 15.9 Å². The molecule has 0 bridgehead atoms. The highest BCUT2D eigenvalue weighted by atomic mass is 79.9. The van der Waals surface area contributed by atoms with Crippen LogP contribution < -0.4 is 0 Å². The summed E-state index contributed by atoms with van der Waals surface area (Å²) < 4.78 is 2.69. The molecule has 0 atom stereocenters. The van der Waals surface area contributed by atoms with Gasteiger partial charge in [0.15, 0.2) is 5.82 Å². The smallest absolute Gasteiger partial charge is 0.153 e. The van der Waals surface area contributed by atoms with Crippen LogP contribution in [-0.4, -0.2) is 20.2 Å². The third-order valence-corrected chi connectivity index (χ3v) is 2.59. The molecule has 0 radical (unpaired) electrons. The summed E-state index contributed by atoms with van der Waals surface area (Å²) in [6, 6.07) is 6.06. The molecule has 0 saturated carbocycles. The number of nitrogens with zero attached hydrogens (tertiary/aromatic N) is 4. The quantitative estimate of drug-likeness (QED) is 0.781. The van der Waals surface area contributed by atoms with Gasteiger partial charge in [-0.05, 0) is 57.9 Å². The van der Waals surface area contributed by atoms with E-state index in [0.29, 0.717) is 0 Å². The largest absolute Gasteiger partial charge is 0.197 e. The van der Waals surface area contributed by atoms with Gasteiger partial charge in [-0.25, -0.2) is 0 Å². The van der Waals surface area contributed by atoms with E-state index in [9.17, 15) is 0 Å². The highest BCUT2D eigenvalue weighted by molar-refractivity contribution is 9.10. The maximum absolute atomic E-state index is 3.90. The monoisotopic (exact) mass is 252 g/mol. The Hall–Kier alpha value is -1.23. The second kappa shape index (κ2) is 3.49. The van der Waals surface area contributed by atoms with Crippen molar-refractivity contribution >= 4 is 15.9 Å². The highest BCUT2D eigenvalue weighted by Crippen LogP contribution is 2.21. The maximum atomic E-state index is 3.90. The molecule has 0 saturated heterocycles. The Balaban J connectivity index is 2.58. The van der Waals surface area contributed by atoms with Crippen LogP contribution in [0.15, 0.2) is 22.7 Å². The number of aromatic nitrogens is 4. The van der Waals surface area contributed by atoms with Crippen molar-refractivity contribution < 1.29 is 0 Å². The molecule has 4 nitrogen and oxygen atoms in total. The first-order valence-corrected chi connectivity index (χ1v) is 4.99. The second-order valence-corrected chi connectivity index (χ2v) is 3.95. The third kappa shape index (κ3) is 1.55. The maximum Gasteiger partial charge on any atom is 0.153 e. The predicted molar refractivity (Wildman–Crippen MR) is 56.3 cm³/mol. The Kier molecular flexibility index (Phi) is 2.33. The summed E-state index contributed by atoms with van der Waals surface area (Å²) in [6.45, 7) is 3.91. The number of tetrazole rings is 1. The Morgan fingerprint density at radius 2 is 2.07 bits per heavy atom. The van der Waals surface area contributed by atoms with Crippen LogP contribution in [0.1, 0.15) is 11.4 Å². The van der Waals surface area contributed by atoms with Gasteiger partial charge in [0.25, 0.3) is 0 Å². The van der Waals surface area contributed by atoms with Gasteiger partial charge in [0.2, 0.25) is 0 Å². The van der Waals surface area contributed by atoms with Crippen molar-refractivity contribution in [2.75, 3.05) is 0 Å². The van der Waals surface area contributed by atoms with Crippen molar-refractivity contribution in [2.24, 2.45) is 0 Å². The van der Waals surface area contributed by atoms with E-state index in [1.165, 1.54) is 5.56 Å². The van der Waals surface area contributed by atoms with E-state index < -0.39 is 0 Å². The number of halogens is 1. The van der Waals surface area contributed by atoms with Crippen molar-refractivity contribution in [3.05, 3.63) is 34.1 Å². The van der Waals surface area contributed by atoms with Gasteiger partial charge in [-0.1, -0.05) is 6.07 Å². The molecule has 2 aromatic rings. The fraction of sp³-hybridized carbons (Fsp3) is 0.222. The van der Waals surface area contributed by atoms with Gasteiger partial charge in [0.1, 0.15) is 0 Å². The van der Waals surface area contributed by atoms with Crippen molar-refractivity contribution in [3.8, 4) is 5.69 Å². The number of hydrogen-bond donors (Lipinski definition) is 0. The molecular formula is C9H9BrN4. The lowest BCUT2D eigenvalue weighted by Gasteiger charge is -2.04. The zero-order valence-corrected chi connectivity index (χ0v) is 9.48. The molecule has 1 aromatic carbocycles. The highest BCUT2D eigenvalue weighted by Gasteiger charge is 2.06. The minimum absolute atomic E-state index is 0.773. The summed E-state index contributed by atoms with van der Waals surface area (Å²) in [4.78, 5) is 0. The zero-order valence-electron chi connectivity index (χ0n) is 7.90. The second-order valence-electron chi connectivity index (χ2n) is 3.09. The van der Waals surface area contributed by atoms with Crippen LogP contribution in [0, 0.1) is 13.8 Å². The summed E-state index contributed by atoms with van der Waals surface area (Å²) in [5.41, 5.74) is 2.16. The molecular weight excluding hydrogens is 244 g/mol. The molecule has 0 aliphatic heterocycles. The average molecular weight is 253 g/mol. The van der Waals surface area contributed by atoms with Crippen molar-refractivity contribution in [1.82, 2.24) is 20.2 Å². The van der Waals surface area contributed by atoms with Crippen LogP contribution in [0.25, 0.3) is 5.69 Å². The van der Waals surface area contributed by atoms with Crippen molar-refractivity contribution in [3.63, 3.8) is 0 Å². The first-order chi connectivity index (χ1) is 6.68. The number of rotatable bonds is 1. The topological polar surface area (TPSA) is 43.6 Å². The normalized spacial score (nSPS) is 10.5. The zero-order chi connectivity index (χ0) is 10.1. The minimum atomic E-state index is 0.773. The number of hydrogen-bond acceptors (Lipinski definition) is 3. The fourth-order valence-corrected chi connectivity index (χ4v) is 1.90. The predicted octanol–water partition coefficient (Wildman–Crippen LogP) is 2.04. The van der Waals surface area contributed by atoms with Crippen LogP contribution in [0.3, 0.4) is 0 Å². The molecule has 0 aliphatic rings. The lowest BCUT2D eigenvalue weighted by atomic mass is 10.2. The summed E-state index contributed by atoms with van der Waals surface area (Å²) in [6.07, 6.45) is 0. The van der Waals surface area contributed by atoms with E-state index in [1.54, 1.807) is 4.68 Å². The summed E-state index contributed by atoms with van der Waals surface area (Å²) in [7, 11) is 0. The lowest BCUT2D eigenvalue weighted by Crippen LogP contribution is -2.00. The van der Waals surface area contributed by atoms with Gasteiger partial charge < -0.3 is 0 Å². The summed E-state index contributed by atoms with van der Waals surface area (Å²) >= 11 is 3.49. The molecule has 14 heavy (non-hydrogen) atoms. The Labute approximate surface area is 90.1 Å². The molecule has 0 unspecified atom stereocenters. The van der Waals surface area contributed by atoms with Crippen LogP contribution in [0.4, 0.5) is 0 Å². The SMILES string of the molecule is Cc1ccc(-n2nnnc2C)c(Br)c1. The van der Waals surface area contributed by atoms with E-state index in [0.717, 1.165) is 16.0 Å². The molecule has 0 aliphatic carbocycles. The van der Waals surface area contributed by atoms with Gasteiger partial charge in [0.05, 0.1) is 5.69 Å². The molecule has 5 heteroatoms. The standard InChI is InChI=1S/C9H9BrN4/c1-6-3-4-9(8(10)5-6)14-7(2)11-12-13-14/h3-5H,1-2H3. The van der Waals surface area contributed by atoms with Gasteiger partial charge >= 0.3 is 0 Å². The van der Waals surface area contributed by atoms with Crippen molar-refractivity contribution in [1.29, 1.82) is 0 Å². The minimum Gasteiger partial charge on any atom is -0.197 e. The summed E-state index contributed by atoms with van der Waals surface area (Å²) in [5.74, 6) is 0.773. The van der Waals surface area contributed by atoms with E-state index in [2.05, 4.69) is 31.5 Å². The first-order valence-electron chi connectivity index (χ1n) is 4.20. The molecule has 0 N–H and O–H groups in total. The van der Waals surface area contributed by atoms with E-state index in [-0.39, 0.29) is 0 Å². The van der Waals surface area contributed by atoms with Crippen LogP contribution in [0.5, 0.6) is 0 Å². The Morgan fingerprint density at radius 3 is 2.64 bits per heavy atom. The van der Waals surface area contributed by atoms with E-state index in [4.69, 9.17) is 0 Å². The van der Waals surface area contributed by atoms with Crippen LogP contribution in [-0.2, 0) is 0 Å². The molecule has 1 aromatic heterocycles. The molecule has 72 valence electrons. The third-order valence-electron chi connectivity index (χ3n) is 1.96. The number of benzene rings is 1. The molecule has 1 heterocycles. The summed E-state index contributed by atoms with van der Waals surface area (Å²) in [5, 5.41) is 11.3. The number of aryl methyl sites for hydroxylation is 2. The Bertz CT molecular complexity index is 464. The molecule has 2 rings (SSSR count). The molecule has 0 fully saturated rings. The van der Waals surface area contributed by atoms with Gasteiger partial charge in [-0.3, -0.25) is 0 Å². The molecule has 0 amide bonds. The van der Waals surface area contributed by atoms with Gasteiger partial charge in [-0.15, -0.1) is 5.10 Å². The fourth-order valence-electron chi connectivity index (χ4n) is 1.24. The lowest BCUT2D eigenvalue weighted by molar-refractivity contribution is 0.776. The Morgan fingerprint density at radius 1 is 1.29 bits per heavy atom. The van der Waals surface area contributed by atoms with E-state index in [1.807, 2.05) is 32.0 Å². The first kappa shape index (κ1) is 9.33. The van der Waals surface area contributed by atoms with Gasteiger partial charge in [-0.2, -0.15) is 4.68 Å². The van der Waals surface area contributed by atoms with Gasteiger partial charge in [0, 0.05) is 4.47 Å².